The number of aliphatic hydroxyl groups is 1. The lowest BCUT2D eigenvalue weighted by molar-refractivity contribution is 0.120. The maximum absolute atomic E-state index is 11.8. The van der Waals surface area contributed by atoms with E-state index in [0.717, 1.165) is 36.4 Å². The third kappa shape index (κ3) is 5.57. The summed E-state index contributed by atoms with van der Waals surface area (Å²) < 4.78 is 2.21. The van der Waals surface area contributed by atoms with E-state index < -0.39 is 12.3 Å². The summed E-state index contributed by atoms with van der Waals surface area (Å²) in [6.45, 7) is 5.25. The summed E-state index contributed by atoms with van der Waals surface area (Å²) >= 11 is 0. The molecule has 2 saturated carbocycles. The predicted molar refractivity (Wildman–Crippen MR) is 152 cm³/mol. The molecule has 11 heteroatoms. The summed E-state index contributed by atoms with van der Waals surface area (Å²) in [5.74, 6) is 3.60. The van der Waals surface area contributed by atoms with Crippen molar-refractivity contribution in [1.82, 2.24) is 30.3 Å². The molecule has 0 bridgehead atoms. The summed E-state index contributed by atoms with van der Waals surface area (Å²) in [6, 6.07) is 9.81. The zero-order valence-corrected chi connectivity index (χ0v) is 23.3. The van der Waals surface area contributed by atoms with Crippen LogP contribution in [0, 0.1) is 17.8 Å². The Morgan fingerprint density at radius 1 is 1.07 bits per heavy atom. The van der Waals surface area contributed by atoms with Crippen molar-refractivity contribution in [2.45, 2.75) is 83.6 Å². The Labute approximate surface area is 234 Å². The van der Waals surface area contributed by atoms with Crippen LogP contribution in [0.15, 0.2) is 30.3 Å². The van der Waals surface area contributed by atoms with Gasteiger partial charge in [0.15, 0.2) is 23.5 Å². The lowest BCUT2D eigenvalue weighted by Crippen LogP contribution is -2.32. The minimum Gasteiger partial charge on any atom is -0.394 e. The standard InChI is InChI=1S/C29H40N8O3/c1-17-11-13-19(14-12-17)15-37-23-24(30-18(2)20-9-6-10-20)32-26(27-35-29(39)40-36-27)33-25(23)34-28(37)31-22(16-38)21-7-4-3-5-8-21/h3-5,7-8,17-20,22,27,36,38H,6,9-16H2,1-2H3,(H,35,39)(H2,30,31,32,33,34)/t17?,18-,19?,22?,27?/m1/s1. The first-order chi connectivity index (χ1) is 19.5. The fourth-order valence-electron chi connectivity index (χ4n) is 6.10. The van der Waals surface area contributed by atoms with Gasteiger partial charge in [-0.1, -0.05) is 56.5 Å². The summed E-state index contributed by atoms with van der Waals surface area (Å²) in [5, 5.41) is 20.2. The molecule has 3 atom stereocenters. The van der Waals surface area contributed by atoms with Crippen LogP contribution in [0.25, 0.3) is 11.2 Å². The molecule has 2 aromatic heterocycles. The van der Waals surface area contributed by atoms with E-state index in [1.54, 1.807) is 0 Å². The monoisotopic (exact) mass is 548 g/mol. The Hall–Kier alpha value is -3.44. The largest absolute Gasteiger partial charge is 0.427 e. The van der Waals surface area contributed by atoms with Gasteiger partial charge in [-0.25, -0.2) is 14.8 Å². The maximum atomic E-state index is 11.8. The van der Waals surface area contributed by atoms with Crippen LogP contribution in [0.1, 0.15) is 82.4 Å². The Kier molecular flexibility index (Phi) is 7.75. The van der Waals surface area contributed by atoms with Crippen molar-refractivity contribution in [3.8, 4) is 0 Å². The topological polar surface area (TPSA) is 138 Å². The number of amides is 1. The molecule has 6 rings (SSSR count). The van der Waals surface area contributed by atoms with E-state index in [4.69, 9.17) is 19.8 Å². The number of hydrogen-bond acceptors (Lipinski definition) is 9. The SMILES string of the molecule is CC1CCC(Cn2c(NC(CO)c3ccccc3)nc3nc(C4NOC(=O)N4)nc(N[C@H](C)C4CCC4)c32)CC1. The van der Waals surface area contributed by atoms with Crippen LogP contribution in [0.3, 0.4) is 0 Å². The zero-order valence-electron chi connectivity index (χ0n) is 23.3. The second-order valence-corrected chi connectivity index (χ2v) is 11.8. The van der Waals surface area contributed by atoms with Crippen molar-refractivity contribution in [2.24, 2.45) is 17.8 Å². The number of nitrogens with zero attached hydrogens (tertiary/aromatic N) is 4. The summed E-state index contributed by atoms with van der Waals surface area (Å²) in [4.78, 5) is 31.3. The van der Waals surface area contributed by atoms with Crippen LogP contribution in [0.5, 0.6) is 0 Å². The van der Waals surface area contributed by atoms with E-state index in [2.05, 4.69) is 39.8 Å². The Morgan fingerprint density at radius 2 is 1.85 bits per heavy atom. The second-order valence-electron chi connectivity index (χ2n) is 11.8. The van der Waals surface area contributed by atoms with Gasteiger partial charge in [0.05, 0.1) is 12.6 Å². The van der Waals surface area contributed by atoms with Crippen LogP contribution in [0.4, 0.5) is 16.6 Å². The lowest BCUT2D eigenvalue weighted by Gasteiger charge is -2.32. The third-order valence-electron chi connectivity index (χ3n) is 8.90. The van der Waals surface area contributed by atoms with Gasteiger partial charge in [-0.15, -0.1) is 5.48 Å². The van der Waals surface area contributed by atoms with Gasteiger partial charge in [0.25, 0.3) is 0 Å². The smallest absolute Gasteiger partial charge is 0.394 e. The normalized spacial score (nSPS) is 24.7. The molecule has 214 valence electrons. The lowest BCUT2D eigenvalue weighted by atomic mass is 9.80. The molecule has 1 amide bonds. The highest BCUT2D eigenvalue weighted by atomic mass is 16.7. The predicted octanol–water partition coefficient (Wildman–Crippen LogP) is 4.64. The molecule has 11 nitrogen and oxygen atoms in total. The molecule has 40 heavy (non-hydrogen) atoms. The Bertz CT molecular complexity index is 1320. The molecule has 3 heterocycles. The van der Waals surface area contributed by atoms with Gasteiger partial charge in [0.1, 0.15) is 5.52 Å². The van der Waals surface area contributed by atoms with Crippen molar-refractivity contribution in [3.63, 3.8) is 0 Å². The number of benzene rings is 1. The molecule has 3 aliphatic rings. The molecule has 5 N–H and O–H groups in total. The molecule has 0 spiro atoms. The number of carbonyl (C=O) groups is 1. The molecule has 1 saturated heterocycles. The minimum absolute atomic E-state index is 0.0791. The maximum Gasteiger partial charge on any atom is 0.427 e. The average Bonchev–Trinajstić information content (AvgIpc) is 3.51. The van der Waals surface area contributed by atoms with Crippen LogP contribution in [0.2, 0.25) is 0 Å². The highest BCUT2D eigenvalue weighted by Crippen LogP contribution is 2.36. The van der Waals surface area contributed by atoms with Crippen LogP contribution in [-0.4, -0.2) is 43.4 Å². The first-order valence-electron chi connectivity index (χ1n) is 14.7. The summed E-state index contributed by atoms with van der Waals surface area (Å²) in [6.07, 6.45) is 7.18. The van der Waals surface area contributed by atoms with Crippen LogP contribution in [-0.2, 0) is 11.4 Å². The van der Waals surface area contributed by atoms with Gasteiger partial charge in [-0.3, -0.25) is 5.32 Å². The molecule has 2 aliphatic carbocycles. The zero-order chi connectivity index (χ0) is 27.6. The first kappa shape index (κ1) is 26.8. The fourth-order valence-corrected chi connectivity index (χ4v) is 6.10. The van der Waals surface area contributed by atoms with E-state index in [9.17, 15) is 9.90 Å². The molecular formula is C29H40N8O3. The highest BCUT2D eigenvalue weighted by molar-refractivity contribution is 5.86. The number of imidazole rings is 1. The number of nitrogens with one attached hydrogen (secondary N) is 4. The minimum atomic E-state index is -0.674. The number of carbonyl (C=O) groups excluding carboxylic acids is 1. The fraction of sp³-hybridized carbons (Fsp3) is 0.586. The van der Waals surface area contributed by atoms with E-state index >= 15 is 0 Å². The molecule has 3 fully saturated rings. The third-order valence-corrected chi connectivity index (χ3v) is 8.90. The van der Waals surface area contributed by atoms with Crippen molar-refractivity contribution >= 4 is 29.0 Å². The Morgan fingerprint density at radius 3 is 2.50 bits per heavy atom. The van der Waals surface area contributed by atoms with Crippen molar-refractivity contribution < 1.29 is 14.7 Å². The molecular weight excluding hydrogens is 508 g/mol. The average molecular weight is 549 g/mol. The molecule has 2 unspecified atom stereocenters. The van der Waals surface area contributed by atoms with Gasteiger partial charge in [0, 0.05) is 12.6 Å². The van der Waals surface area contributed by atoms with Gasteiger partial charge in [-0.05, 0) is 55.9 Å². The number of fused-ring (bicyclic) bond motifs is 1. The number of anilines is 2. The van der Waals surface area contributed by atoms with Crippen LogP contribution >= 0.6 is 0 Å². The first-order valence-corrected chi connectivity index (χ1v) is 14.7. The van der Waals surface area contributed by atoms with Gasteiger partial charge in [0.2, 0.25) is 5.95 Å². The van der Waals surface area contributed by atoms with E-state index in [1.165, 1.54) is 32.1 Å². The number of aromatic nitrogens is 4. The van der Waals surface area contributed by atoms with Crippen molar-refractivity contribution in [1.29, 1.82) is 0 Å². The van der Waals surface area contributed by atoms with E-state index in [0.29, 0.717) is 35.1 Å². The number of aliphatic hydroxyl groups excluding tert-OH is 1. The Balaban J connectivity index is 1.43. The van der Waals surface area contributed by atoms with Crippen LogP contribution < -0.4 is 21.4 Å². The van der Waals surface area contributed by atoms with Crippen molar-refractivity contribution in [3.05, 3.63) is 41.7 Å². The van der Waals surface area contributed by atoms with Crippen molar-refractivity contribution in [2.75, 3.05) is 17.2 Å². The molecule has 1 aromatic carbocycles. The second kappa shape index (κ2) is 11.6. The number of hydrogen-bond donors (Lipinski definition) is 5. The molecule has 0 radical (unpaired) electrons. The highest BCUT2D eigenvalue weighted by Gasteiger charge is 2.31. The van der Waals surface area contributed by atoms with Gasteiger partial charge >= 0.3 is 6.09 Å². The van der Waals surface area contributed by atoms with Gasteiger partial charge in [-0.2, -0.15) is 4.98 Å². The van der Waals surface area contributed by atoms with Gasteiger partial charge < -0.3 is 25.1 Å². The summed E-state index contributed by atoms with van der Waals surface area (Å²) in [7, 11) is 0. The quantitative estimate of drug-likeness (QED) is 0.245. The number of rotatable bonds is 10. The molecule has 3 aromatic rings. The number of hydroxylamine groups is 1. The molecule has 1 aliphatic heterocycles. The van der Waals surface area contributed by atoms with E-state index in [-0.39, 0.29) is 18.7 Å². The summed E-state index contributed by atoms with van der Waals surface area (Å²) in [5.41, 5.74) is 5.02. The van der Waals surface area contributed by atoms with E-state index in [1.807, 2.05) is 30.3 Å².